The highest BCUT2D eigenvalue weighted by atomic mass is 28.2. The minimum absolute atomic E-state index is 0.00667. The Morgan fingerprint density at radius 2 is 0.586 bits per heavy atom. The molecule has 4 bridgehead atoms. The van der Waals surface area contributed by atoms with Crippen LogP contribution in [-0.4, -0.2) is 143 Å². The van der Waals surface area contributed by atoms with Gasteiger partial charge in [0.1, 0.15) is 33.6 Å². The number of carbonyl (C=O) groups excluding carboxylic acids is 6. The number of esters is 6. The number of carbonyl (C=O) groups is 6. The Morgan fingerprint density at radius 3 is 0.828 bits per heavy atom. The fraction of sp³-hybridized carbons (Fsp3) is 0.938. The van der Waals surface area contributed by atoms with Gasteiger partial charge in [-0.2, -0.15) is 0 Å². The number of fused-ring (bicyclic) bond motifs is 4. The van der Waals surface area contributed by atoms with Crippen molar-refractivity contribution in [2.45, 2.75) is 533 Å². The molecule has 12 rings (SSSR count). The van der Waals surface area contributed by atoms with E-state index in [-0.39, 0.29) is 111 Å². The minimum Gasteiger partial charge on any atom is -0.460 e. The average Bonchev–Trinajstić information content (AvgIpc) is 1.63. The second kappa shape index (κ2) is 64.8. The molecule has 116 heavy (non-hydrogen) atoms. The minimum atomic E-state index is -0.336. The maximum atomic E-state index is 12.2. The second-order valence-corrected chi connectivity index (χ2v) is 45.7. The van der Waals surface area contributed by atoms with Crippen LogP contribution in [-0.2, 0) is 61.9 Å². The molecule has 12 aliphatic rings. The molecule has 0 radical (unpaired) electrons. The van der Waals surface area contributed by atoms with E-state index in [4.69, 9.17) is 33.2 Å². The van der Waals surface area contributed by atoms with Gasteiger partial charge < -0.3 is 33.2 Å². The Morgan fingerprint density at radius 1 is 0.319 bits per heavy atom. The largest absolute Gasteiger partial charge is 0.460 e. The molecule has 19 heteroatoms. The molecule has 12 fully saturated rings. The van der Waals surface area contributed by atoms with Crippen molar-refractivity contribution < 1.29 is 61.9 Å². The molecule has 10 saturated carbocycles. The molecule has 10 aliphatic carbocycles. The summed E-state index contributed by atoms with van der Waals surface area (Å²) in [6.07, 6.45) is 62.7. The highest BCUT2D eigenvalue weighted by molar-refractivity contribution is 6.09. The highest BCUT2D eigenvalue weighted by Crippen LogP contribution is 2.53. The molecule has 13 nitrogen and oxygen atoms in total. The Bertz CT molecular complexity index is 2380. The van der Waals surface area contributed by atoms with Gasteiger partial charge in [0.2, 0.25) is 0 Å². The number of ether oxygens (including phenoxy) is 7. The average molecular weight is 1740 g/mol. The van der Waals surface area contributed by atoms with Crippen LogP contribution < -0.4 is 0 Å². The summed E-state index contributed by atoms with van der Waals surface area (Å²) in [5.74, 6) is 2.95. The molecule has 0 N–H and O–H groups in total. The van der Waals surface area contributed by atoms with Crippen molar-refractivity contribution in [3.63, 3.8) is 0 Å². The van der Waals surface area contributed by atoms with E-state index in [1.54, 1.807) is 0 Å². The second-order valence-electron chi connectivity index (χ2n) is 39.7. The van der Waals surface area contributed by atoms with Crippen molar-refractivity contribution in [3.05, 3.63) is 0 Å². The van der Waals surface area contributed by atoms with Gasteiger partial charge in [-0.1, -0.05) is 245 Å². The van der Waals surface area contributed by atoms with Crippen molar-refractivity contribution in [3.8, 4) is 0 Å². The lowest BCUT2D eigenvalue weighted by molar-refractivity contribution is -0.170. The van der Waals surface area contributed by atoms with Crippen LogP contribution in [0.15, 0.2) is 0 Å². The molecular weight excluding hydrogens is 1540 g/mol. The van der Waals surface area contributed by atoms with E-state index >= 15 is 0 Å². The molecule has 0 aromatic heterocycles. The first-order chi connectivity index (χ1) is 55.3. The van der Waals surface area contributed by atoms with E-state index in [1.165, 1.54) is 303 Å². The summed E-state index contributed by atoms with van der Waals surface area (Å²) in [6, 6.07) is 8.75. The maximum absolute atomic E-state index is 12.2. The van der Waals surface area contributed by atoms with E-state index in [9.17, 15) is 28.8 Å². The van der Waals surface area contributed by atoms with Gasteiger partial charge in [-0.25, -0.2) is 0 Å². The molecule has 684 valence electrons. The van der Waals surface area contributed by atoms with E-state index in [1.807, 2.05) is 41.5 Å². The molecule has 0 aromatic carbocycles. The third kappa shape index (κ3) is 49.0. The molecule has 6 atom stereocenters. The highest BCUT2D eigenvalue weighted by Gasteiger charge is 2.53. The fourth-order valence-corrected chi connectivity index (χ4v) is 17.4. The first-order valence-electron chi connectivity index (χ1n) is 50.3. The van der Waals surface area contributed by atoms with Crippen LogP contribution >= 0.6 is 0 Å². The Kier molecular flexibility index (Phi) is 62.6. The van der Waals surface area contributed by atoms with Gasteiger partial charge in [-0.15, -0.1) is 0 Å². The zero-order valence-corrected chi connectivity index (χ0v) is 92.8. The van der Waals surface area contributed by atoms with Gasteiger partial charge >= 0.3 is 35.8 Å². The van der Waals surface area contributed by atoms with Crippen LogP contribution in [0.4, 0.5) is 0 Å². The van der Waals surface area contributed by atoms with Crippen molar-refractivity contribution in [1.82, 2.24) is 0 Å². The molecule has 0 aromatic rings. The first kappa shape index (κ1) is 112. The SMILES string of the molecule is CC(C)(C)OC(=O)C1CCCCC1.CC1(OC(=O)C2CCCCC2)CC2CCC1C2.CC1(OC(=O)C2CCCCC2)CC2CCC1O2.CC1(OC(=O)C2CCCCC2)CCCC1.CC1(OC(=O)C2CCCCC2)CCCCC1.CCC(C)(C)OC(=O)C1CCCCC1.CCC[SiH3].CCC[SiH3].CCC[SiH3].CCC[SiH3].CCC[SiH3].CCC[SiH3]. The number of rotatable bonds is 18. The van der Waals surface area contributed by atoms with E-state index in [0.29, 0.717) is 12.0 Å². The summed E-state index contributed by atoms with van der Waals surface area (Å²) in [7, 11) is 8.34. The van der Waals surface area contributed by atoms with Crippen LogP contribution in [0, 0.1) is 47.3 Å². The number of hydrogen-bond acceptors (Lipinski definition) is 13. The van der Waals surface area contributed by atoms with Gasteiger partial charge in [0.25, 0.3) is 0 Å². The fourth-order valence-electron chi connectivity index (χ4n) is 17.4. The van der Waals surface area contributed by atoms with E-state index in [2.05, 4.69) is 69.2 Å². The molecule has 2 saturated heterocycles. The standard InChI is InChI=1S/C15H24O2.C14H22O3.C14H24O2.C13H22O2.C12H22O2.C11H20O2.6C3H10Si/c1-15(10-11-7-8-13(15)9-11)17-14(16)12-5-3-2-4-6-12;1-14(9-11-7-8-12(14)16-11)17-13(15)10-5-3-2-4-6-10;1-14(10-6-3-7-11-14)16-13(15)12-8-4-2-5-9-12;1-13(9-5-6-10-13)15-12(14)11-7-3-2-4-8-11;1-4-12(2,3)14-11(13)10-8-6-5-7-9-10;1-11(2,3)13-10(12)9-7-5-4-6-8-9;6*1-2-3-4/h11-13H,2-10H2,1H3;10-12H,2-9H2,1H3;12H,2-11H2,1H3;11H,2-10H2,1H3;10H,4-9H2,1-3H3;9H,4-8H2,1-3H3;6*2-3H2,1,4H3. The van der Waals surface area contributed by atoms with Gasteiger partial charge in [0.05, 0.1) is 47.7 Å². The topological polar surface area (TPSA) is 167 Å². The molecule has 2 heterocycles. The summed E-state index contributed by atoms with van der Waals surface area (Å²) in [6.45, 7) is 33.5. The van der Waals surface area contributed by atoms with Crippen LogP contribution in [0.5, 0.6) is 0 Å². The zero-order chi connectivity index (χ0) is 86.9. The van der Waals surface area contributed by atoms with Gasteiger partial charge in [0.15, 0.2) is 0 Å². The first-order valence-corrected chi connectivity index (χ1v) is 58.8. The maximum Gasteiger partial charge on any atom is 0.309 e. The predicted molar refractivity (Wildman–Crippen MR) is 513 cm³/mol. The number of hydrogen-bond donors (Lipinski definition) is 0. The lowest BCUT2D eigenvalue weighted by atomic mass is 9.85. The third-order valence-electron chi connectivity index (χ3n) is 26.7. The summed E-state index contributed by atoms with van der Waals surface area (Å²) >= 11 is 0. The van der Waals surface area contributed by atoms with Crippen molar-refractivity contribution >= 4 is 97.3 Å². The van der Waals surface area contributed by atoms with Gasteiger partial charge in [0, 0.05) is 67.9 Å². The van der Waals surface area contributed by atoms with Crippen molar-refractivity contribution in [1.29, 1.82) is 0 Å². The molecule has 2 aliphatic heterocycles. The van der Waals surface area contributed by atoms with Gasteiger partial charge in [-0.3, -0.25) is 28.8 Å². The molecule has 6 unspecified atom stereocenters. The Labute approximate surface area is 735 Å². The van der Waals surface area contributed by atoms with E-state index < -0.39 is 0 Å². The summed E-state index contributed by atoms with van der Waals surface area (Å²) in [5.41, 5.74) is -1.33. The van der Waals surface area contributed by atoms with Gasteiger partial charge in [-0.05, 0) is 248 Å². The molecule has 0 spiro atoms. The summed E-state index contributed by atoms with van der Waals surface area (Å²) in [5, 5.41) is 0. The van der Waals surface area contributed by atoms with Crippen LogP contribution in [0.25, 0.3) is 0 Å². The Hall–Kier alpha value is -1.92. The van der Waals surface area contributed by atoms with Crippen LogP contribution in [0.1, 0.15) is 451 Å². The normalized spacial score (nSPS) is 25.6. The zero-order valence-electron chi connectivity index (χ0n) is 80.8. The molecular formula is C97H194O13Si6. The van der Waals surface area contributed by atoms with Crippen molar-refractivity contribution in [2.75, 3.05) is 0 Å². The Balaban J connectivity index is 0.000000659. The predicted octanol–water partition coefficient (Wildman–Crippen LogP) is 21.1. The lowest BCUT2D eigenvalue weighted by Crippen LogP contribution is -2.42. The van der Waals surface area contributed by atoms with Crippen LogP contribution in [0.2, 0.25) is 36.3 Å². The monoisotopic (exact) mass is 1740 g/mol. The van der Waals surface area contributed by atoms with Crippen molar-refractivity contribution in [2.24, 2.45) is 47.3 Å². The molecule has 0 amide bonds. The lowest BCUT2D eigenvalue weighted by Gasteiger charge is -2.35. The quantitative estimate of drug-likeness (QED) is 0.0723. The summed E-state index contributed by atoms with van der Waals surface area (Å²) in [4.78, 5) is 71.7. The summed E-state index contributed by atoms with van der Waals surface area (Å²) < 4.78 is 39.8. The van der Waals surface area contributed by atoms with Crippen LogP contribution in [0.3, 0.4) is 0 Å². The van der Waals surface area contributed by atoms with E-state index in [0.717, 1.165) is 141 Å². The third-order valence-corrected chi connectivity index (χ3v) is 32.7. The smallest absolute Gasteiger partial charge is 0.309 e.